The van der Waals surface area contributed by atoms with E-state index in [1.807, 2.05) is 54.6 Å². The highest BCUT2D eigenvalue weighted by Crippen LogP contribution is 2.34. The Bertz CT molecular complexity index is 1260. The Morgan fingerprint density at radius 1 is 0.806 bits per heavy atom. The van der Waals surface area contributed by atoms with E-state index in [4.69, 9.17) is 0 Å². The maximum Gasteiger partial charge on any atom is 0.355 e. The average molecular weight is 430 g/mol. The Labute approximate surface area is 182 Å². The fourth-order valence-electron chi connectivity index (χ4n) is 3.36. The molecule has 0 saturated carbocycles. The van der Waals surface area contributed by atoms with E-state index in [-0.39, 0.29) is 11.3 Å². The van der Waals surface area contributed by atoms with Crippen LogP contribution >= 0.6 is 11.8 Å². The molecular weight excluding hydrogens is 412 g/mol. The van der Waals surface area contributed by atoms with Gasteiger partial charge in [0.05, 0.1) is 5.56 Å². The van der Waals surface area contributed by atoms with Gasteiger partial charge in [-0.2, -0.15) is 0 Å². The molecule has 0 spiro atoms. The fraction of sp³-hybridized carbons (Fsp3) is 0.0417. The van der Waals surface area contributed by atoms with Crippen molar-refractivity contribution in [1.29, 1.82) is 0 Å². The number of hydrogen-bond acceptors (Lipinski definition) is 4. The van der Waals surface area contributed by atoms with Crippen LogP contribution in [-0.4, -0.2) is 31.7 Å². The molecule has 0 bridgehead atoms. The van der Waals surface area contributed by atoms with Crippen molar-refractivity contribution in [2.24, 2.45) is 7.05 Å². The molecule has 0 aliphatic heterocycles. The van der Waals surface area contributed by atoms with Crippen molar-refractivity contribution in [3.05, 3.63) is 90.1 Å². The van der Waals surface area contributed by atoms with E-state index >= 15 is 0 Å². The van der Waals surface area contributed by atoms with Gasteiger partial charge in [-0.25, -0.2) is 14.6 Å². The van der Waals surface area contributed by atoms with Crippen LogP contribution in [0, 0.1) is 0 Å². The second-order valence-electron chi connectivity index (χ2n) is 6.80. The predicted octanol–water partition coefficient (Wildman–Crippen LogP) is 5.30. The number of rotatable bonds is 6. The molecule has 1 heterocycles. The highest BCUT2D eigenvalue weighted by atomic mass is 32.2. The van der Waals surface area contributed by atoms with Crippen LogP contribution in [0.15, 0.2) is 88.8 Å². The smallest absolute Gasteiger partial charge is 0.355 e. The summed E-state index contributed by atoms with van der Waals surface area (Å²) in [6.45, 7) is 0. The number of benzene rings is 3. The summed E-state index contributed by atoms with van der Waals surface area (Å²) in [5.74, 6) is -1.52. The van der Waals surface area contributed by atoms with Gasteiger partial charge in [0.1, 0.15) is 10.9 Å². The lowest BCUT2D eigenvalue weighted by Crippen LogP contribution is -2.06. The number of aromatic nitrogens is 2. The third-order valence-corrected chi connectivity index (χ3v) is 5.82. The van der Waals surface area contributed by atoms with Crippen molar-refractivity contribution in [2.75, 3.05) is 0 Å². The zero-order valence-electron chi connectivity index (χ0n) is 16.5. The third kappa shape index (κ3) is 4.08. The van der Waals surface area contributed by atoms with E-state index in [0.717, 1.165) is 16.0 Å². The van der Waals surface area contributed by atoms with Crippen LogP contribution in [0.3, 0.4) is 0 Å². The summed E-state index contributed by atoms with van der Waals surface area (Å²) in [5.41, 5.74) is 2.45. The maximum absolute atomic E-state index is 11.9. The minimum atomic E-state index is -1.05. The van der Waals surface area contributed by atoms with Gasteiger partial charge in [-0.3, -0.25) is 0 Å². The number of carbonyl (C=O) groups is 2. The van der Waals surface area contributed by atoms with Crippen LogP contribution in [0.2, 0.25) is 0 Å². The molecule has 0 atom stereocenters. The highest BCUT2D eigenvalue weighted by Gasteiger charge is 2.22. The molecule has 0 amide bonds. The van der Waals surface area contributed by atoms with Gasteiger partial charge in [0.2, 0.25) is 0 Å². The lowest BCUT2D eigenvalue weighted by atomic mass is 9.98. The molecule has 7 heteroatoms. The molecule has 0 unspecified atom stereocenters. The van der Waals surface area contributed by atoms with Gasteiger partial charge in [0, 0.05) is 17.5 Å². The largest absolute Gasteiger partial charge is 0.478 e. The van der Waals surface area contributed by atoms with Gasteiger partial charge in [-0.15, -0.1) is 0 Å². The van der Waals surface area contributed by atoms with Gasteiger partial charge in [-0.1, -0.05) is 72.4 Å². The molecule has 4 rings (SSSR count). The molecule has 0 fully saturated rings. The van der Waals surface area contributed by atoms with E-state index < -0.39 is 11.9 Å². The van der Waals surface area contributed by atoms with E-state index in [9.17, 15) is 19.8 Å². The van der Waals surface area contributed by atoms with Crippen LogP contribution in [0.25, 0.3) is 22.5 Å². The summed E-state index contributed by atoms with van der Waals surface area (Å²) in [7, 11) is 1.68. The number of carboxylic acid groups (broad SMARTS) is 2. The van der Waals surface area contributed by atoms with Gasteiger partial charge in [0.25, 0.3) is 0 Å². The number of hydrogen-bond donors (Lipinski definition) is 2. The minimum Gasteiger partial charge on any atom is -0.478 e. The van der Waals surface area contributed by atoms with Gasteiger partial charge >= 0.3 is 11.9 Å². The molecule has 3 aromatic carbocycles. The first-order chi connectivity index (χ1) is 15.0. The zero-order valence-corrected chi connectivity index (χ0v) is 17.3. The number of aromatic carboxylic acids is 2. The molecule has 31 heavy (non-hydrogen) atoms. The highest BCUT2D eigenvalue weighted by molar-refractivity contribution is 7.99. The van der Waals surface area contributed by atoms with Crippen molar-refractivity contribution < 1.29 is 19.8 Å². The first-order valence-electron chi connectivity index (χ1n) is 9.41. The summed E-state index contributed by atoms with van der Waals surface area (Å²) in [6.07, 6.45) is 0. The predicted molar refractivity (Wildman–Crippen MR) is 119 cm³/mol. The lowest BCUT2D eigenvalue weighted by molar-refractivity contribution is 0.0676. The zero-order chi connectivity index (χ0) is 22.0. The Hall–Kier alpha value is -3.84. The number of nitrogens with zero attached hydrogens (tertiary/aromatic N) is 2. The molecule has 1 aromatic heterocycles. The first kappa shape index (κ1) is 20.4. The third-order valence-electron chi connectivity index (χ3n) is 4.84. The van der Waals surface area contributed by atoms with Crippen LogP contribution in [0.1, 0.15) is 20.8 Å². The van der Waals surface area contributed by atoms with E-state index in [2.05, 4.69) is 4.98 Å². The van der Waals surface area contributed by atoms with E-state index in [1.54, 1.807) is 35.9 Å². The number of imidazole rings is 1. The Morgan fingerprint density at radius 3 is 2.06 bits per heavy atom. The molecule has 0 radical (unpaired) electrons. The normalized spacial score (nSPS) is 10.7. The topological polar surface area (TPSA) is 92.4 Å². The molecule has 0 aliphatic rings. The molecule has 0 aliphatic carbocycles. The van der Waals surface area contributed by atoms with Crippen LogP contribution in [-0.2, 0) is 7.05 Å². The second-order valence-corrected chi connectivity index (χ2v) is 7.86. The fourth-order valence-corrected chi connectivity index (χ4v) is 4.33. The standard InChI is InChI=1S/C24H18N2O4S/c1-26-20(24(29)30)22(31-17-7-3-2-4-8-17)25-21(26)16-13-11-15(12-14-16)18-9-5-6-10-19(18)23(27)28/h2-14H,1H3,(H,27,28)(H,29,30). The van der Waals surface area contributed by atoms with Crippen molar-refractivity contribution in [3.63, 3.8) is 0 Å². The SMILES string of the molecule is Cn1c(-c2ccc(-c3ccccc3C(=O)O)cc2)nc(Sc2ccccc2)c1C(=O)O. The summed E-state index contributed by atoms with van der Waals surface area (Å²) < 4.78 is 1.56. The number of carboxylic acids is 2. The Kier molecular flexibility index (Phi) is 5.60. The van der Waals surface area contributed by atoms with Crippen molar-refractivity contribution >= 4 is 23.7 Å². The molecule has 154 valence electrons. The van der Waals surface area contributed by atoms with Crippen molar-refractivity contribution in [2.45, 2.75) is 9.92 Å². The van der Waals surface area contributed by atoms with Crippen LogP contribution in [0.4, 0.5) is 0 Å². The summed E-state index contributed by atoms with van der Waals surface area (Å²) in [6, 6.07) is 23.6. The van der Waals surface area contributed by atoms with Gasteiger partial charge < -0.3 is 14.8 Å². The van der Waals surface area contributed by atoms with E-state index in [0.29, 0.717) is 16.4 Å². The maximum atomic E-state index is 11.9. The molecule has 0 saturated heterocycles. The monoisotopic (exact) mass is 430 g/mol. The average Bonchev–Trinajstić information content (AvgIpc) is 3.10. The quantitative estimate of drug-likeness (QED) is 0.431. The summed E-state index contributed by atoms with van der Waals surface area (Å²) in [4.78, 5) is 28.9. The summed E-state index contributed by atoms with van der Waals surface area (Å²) in [5, 5.41) is 19.6. The minimum absolute atomic E-state index is 0.115. The molecule has 6 nitrogen and oxygen atoms in total. The molecular formula is C24H18N2O4S. The van der Waals surface area contributed by atoms with E-state index in [1.165, 1.54) is 11.8 Å². The Balaban J connectivity index is 1.73. The van der Waals surface area contributed by atoms with Gasteiger partial charge in [-0.05, 0) is 29.3 Å². The van der Waals surface area contributed by atoms with Crippen LogP contribution in [0.5, 0.6) is 0 Å². The van der Waals surface area contributed by atoms with Crippen LogP contribution < -0.4 is 0 Å². The second kappa shape index (κ2) is 8.49. The lowest BCUT2D eigenvalue weighted by Gasteiger charge is -2.08. The molecule has 2 N–H and O–H groups in total. The van der Waals surface area contributed by atoms with Crippen molar-refractivity contribution in [1.82, 2.24) is 9.55 Å². The Morgan fingerprint density at radius 2 is 1.42 bits per heavy atom. The summed E-state index contributed by atoms with van der Waals surface area (Å²) >= 11 is 1.30. The van der Waals surface area contributed by atoms with Gasteiger partial charge in [0.15, 0.2) is 5.69 Å². The van der Waals surface area contributed by atoms with Crippen molar-refractivity contribution in [3.8, 4) is 22.5 Å². The molecule has 4 aromatic rings. The first-order valence-corrected chi connectivity index (χ1v) is 10.2.